The molecule has 0 aliphatic rings. The summed E-state index contributed by atoms with van der Waals surface area (Å²) in [5.41, 5.74) is 0.265. The standard InChI is InChI=1S/C11H12F3NO4/c12-11(13,14)6-15(5-10(18)19)4-7-1-2-8(16)9(17)3-7/h1-3,16-17H,4-6H2,(H,18,19). The van der Waals surface area contributed by atoms with Gasteiger partial charge in [0.15, 0.2) is 11.5 Å². The molecule has 1 rings (SSSR count). The van der Waals surface area contributed by atoms with Gasteiger partial charge in [-0.3, -0.25) is 9.69 Å². The number of halogens is 3. The van der Waals surface area contributed by atoms with Crippen LogP contribution in [-0.2, 0) is 11.3 Å². The third-order valence-electron chi connectivity index (χ3n) is 2.21. The van der Waals surface area contributed by atoms with E-state index in [0.29, 0.717) is 4.90 Å². The monoisotopic (exact) mass is 279 g/mol. The van der Waals surface area contributed by atoms with E-state index in [2.05, 4.69) is 0 Å². The maximum Gasteiger partial charge on any atom is 0.401 e. The Labute approximate surface area is 106 Å². The number of carbonyl (C=O) groups is 1. The summed E-state index contributed by atoms with van der Waals surface area (Å²) < 4.78 is 36.8. The largest absolute Gasteiger partial charge is 0.504 e. The molecule has 0 saturated carbocycles. The number of phenols is 2. The zero-order valence-corrected chi connectivity index (χ0v) is 9.68. The van der Waals surface area contributed by atoms with E-state index in [1.807, 2.05) is 0 Å². The zero-order chi connectivity index (χ0) is 14.6. The van der Waals surface area contributed by atoms with Crippen molar-refractivity contribution in [1.82, 2.24) is 4.90 Å². The molecule has 0 radical (unpaired) electrons. The first-order chi connectivity index (χ1) is 8.67. The van der Waals surface area contributed by atoms with Crippen LogP contribution in [0.25, 0.3) is 0 Å². The van der Waals surface area contributed by atoms with Crippen LogP contribution in [0.3, 0.4) is 0 Å². The quantitative estimate of drug-likeness (QED) is 0.712. The Balaban J connectivity index is 2.81. The number of alkyl halides is 3. The summed E-state index contributed by atoms with van der Waals surface area (Å²) in [7, 11) is 0. The molecule has 1 aromatic rings. The molecule has 0 aliphatic heterocycles. The minimum Gasteiger partial charge on any atom is -0.504 e. The number of aliphatic carboxylic acids is 1. The third kappa shape index (κ3) is 5.47. The molecule has 0 aliphatic carbocycles. The van der Waals surface area contributed by atoms with Crippen molar-refractivity contribution in [2.45, 2.75) is 12.7 Å². The van der Waals surface area contributed by atoms with Crippen LogP contribution in [0, 0.1) is 0 Å². The number of benzene rings is 1. The maximum atomic E-state index is 12.3. The van der Waals surface area contributed by atoms with Gasteiger partial charge in [0.25, 0.3) is 0 Å². The Hall–Kier alpha value is -1.96. The number of carboxylic acids is 1. The smallest absolute Gasteiger partial charge is 0.401 e. The topological polar surface area (TPSA) is 81.0 Å². The predicted octanol–water partition coefficient (Wildman–Crippen LogP) is 1.55. The van der Waals surface area contributed by atoms with E-state index < -0.39 is 36.7 Å². The Bertz CT molecular complexity index is 462. The fourth-order valence-electron chi connectivity index (χ4n) is 1.54. The van der Waals surface area contributed by atoms with E-state index >= 15 is 0 Å². The van der Waals surface area contributed by atoms with Gasteiger partial charge >= 0.3 is 12.1 Å². The van der Waals surface area contributed by atoms with Crippen molar-refractivity contribution >= 4 is 5.97 Å². The van der Waals surface area contributed by atoms with E-state index in [1.165, 1.54) is 6.07 Å². The third-order valence-corrected chi connectivity index (χ3v) is 2.21. The molecule has 0 heterocycles. The molecule has 19 heavy (non-hydrogen) atoms. The Kier molecular flexibility index (Phi) is 4.60. The van der Waals surface area contributed by atoms with Crippen LogP contribution in [0.2, 0.25) is 0 Å². The molecule has 106 valence electrons. The highest BCUT2D eigenvalue weighted by molar-refractivity contribution is 5.69. The van der Waals surface area contributed by atoms with E-state index in [4.69, 9.17) is 10.2 Å². The van der Waals surface area contributed by atoms with Crippen molar-refractivity contribution in [3.8, 4) is 11.5 Å². The average Bonchev–Trinajstić information content (AvgIpc) is 2.20. The molecule has 0 unspecified atom stereocenters. The van der Waals surface area contributed by atoms with Gasteiger partial charge in [0, 0.05) is 6.54 Å². The molecule has 0 bridgehead atoms. The minimum atomic E-state index is -4.52. The van der Waals surface area contributed by atoms with Crippen LogP contribution >= 0.6 is 0 Å². The lowest BCUT2D eigenvalue weighted by atomic mass is 10.2. The van der Waals surface area contributed by atoms with E-state index in [1.54, 1.807) is 0 Å². The first kappa shape index (κ1) is 15.1. The number of carboxylic acid groups (broad SMARTS) is 1. The van der Waals surface area contributed by atoms with Gasteiger partial charge in [0.1, 0.15) is 0 Å². The van der Waals surface area contributed by atoms with Gasteiger partial charge in [-0.25, -0.2) is 0 Å². The molecule has 5 nitrogen and oxygen atoms in total. The minimum absolute atomic E-state index is 0.265. The van der Waals surface area contributed by atoms with Crippen molar-refractivity contribution in [2.24, 2.45) is 0 Å². The predicted molar refractivity (Wildman–Crippen MR) is 58.7 cm³/mol. The normalized spacial score (nSPS) is 11.8. The summed E-state index contributed by atoms with van der Waals surface area (Å²) in [4.78, 5) is 11.2. The van der Waals surface area contributed by atoms with Gasteiger partial charge in [-0.2, -0.15) is 13.2 Å². The highest BCUT2D eigenvalue weighted by Gasteiger charge is 2.31. The Morgan fingerprint density at radius 2 is 1.84 bits per heavy atom. The molecule has 3 N–H and O–H groups in total. The van der Waals surface area contributed by atoms with Crippen molar-refractivity contribution in [2.75, 3.05) is 13.1 Å². The summed E-state index contributed by atoms with van der Waals surface area (Å²) in [6, 6.07) is 3.51. The second kappa shape index (κ2) is 5.79. The Morgan fingerprint density at radius 3 is 2.32 bits per heavy atom. The highest BCUT2D eigenvalue weighted by Crippen LogP contribution is 2.26. The van der Waals surface area contributed by atoms with Gasteiger partial charge < -0.3 is 15.3 Å². The van der Waals surface area contributed by atoms with Crippen molar-refractivity contribution in [1.29, 1.82) is 0 Å². The van der Waals surface area contributed by atoms with Crippen LogP contribution in [-0.4, -0.2) is 45.5 Å². The number of phenolic OH excluding ortho intramolecular Hbond substituents is 2. The first-order valence-electron chi connectivity index (χ1n) is 5.19. The second-order valence-corrected chi connectivity index (χ2v) is 3.98. The average molecular weight is 279 g/mol. The molecule has 8 heteroatoms. The van der Waals surface area contributed by atoms with Crippen LogP contribution < -0.4 is 0 Å². The molecule has 0 spiro atoms. The highest BCUT2D eigenvalue weighted by atomic mass is 19.4. The summed E-state index contributed by atoms with van der Waals surface area (Å²) in [6.45, 7) is -2.46. The van der Waals surface area contributed by atoms with Gasteiger partial charge in [-0.05, 0) is 17.7 Å². The number of rotatable bonds is 5. The van der Waals surface area contributed by atoms with Gasteiger partial charge in [0.05, 0.1) is 13.1 Å². The van der Waals surface area contributed by atoms with E-state index in [0.717, 1.165) is 12.1 Å². The second-order valence-electron chi connectivity index (χ2n) is 3.98. The molecule has 0 amide bonds. The lowest BCUT2D eigenvalue weighted by Crippen LogP contribution is -2.37. The van der Waals surface area contributed by atoms with Gasteiger partial charge in [-0.15, -0.1) is 0 Å². The van der Waals surface area contributed by atoms with Crippen molar-refractivity contribution < 1.29 is 33.3 Å². The fourth-order valence-corrected chi connectivity index (χ4v) is 1.54. The van der Waals surface area contributed by atoms with Crippen LogP contribution in [0.1, 0.15) is 5.56 Å². The molecule has 0 fully saturated rings. The van der Waals surface area contributed by atoms with E-state index in [-0.39, 0.29) is 12.1 Å². The van der Waals surface area contributed by atoms with Crippen LogP contribution in [0.5, 0.6) is 11.5 Å². The SMILES string of the molecule is O=C(O)CN(Cc1ccc(O)c(O)c1)CC(F)(F)F. The summed E-state index contributed by atoms with van der Waals surface area (Å²) in [6.07, 6.45) is -4.52. The summed E-state index contributed by atoms with van der Waals surface area (Å²) in [5, 5.41) is 26.9. The van der Waals surface area contributed by atoms with Gasteiger partial charge in [-0.1, -0.05) is 6.07 Å². The number of aromatic hydroxyl groups is 2. The fraction of sp³-hybridized carbons (Fsp3) is 0.364. The first-order valence-corrected chi connectivity index (χ1v) is 5.19. The van der Waals surface area contributed by atoms with Crippen molar-refractivity contribution in [3.63, 3.8) is 0 Å². The molecular weight excluding hydrogens is 267 g/mol. The molecule has 0 saturated heterocycles. The molecule has 0 aromatic heterocycles. The van der Waals surface area contributed by atoms with Crippen LogP contribution in [0.15, 0.2) is 18.2 Å². The molecule has 0 atom stereocenters. The number of hydrogen-bond donors (Lipinski definition) is 3. The lowest BCUT2D eigenvalue weighted by molar-refractivity contribution is -0.154. The lowest BCUT2D eigenvalue weighted by Gasteiger charge is -2.21. The zero-order valence-electron chi connectivity index (χ0n) is 9.68. The van der Waals surface area contributed by atoms with Crippen LogP contribution in [0.4, 0.5) is 13.2 Å². The summed E-state index contributed by atoms with van der Waals surface area (Å²) in [5.74, 6) is -2.25. The maximum absolute atomic E-state index is 12.3. The Morgan fingerprint density at radius 1 is 1.21 bits per heavy atom. The van der Waals surface area contributed by atoms with Gasteiger partial charge in [0.2, 0.25) is 0 Å². The number of hydrogen-bond acceptors (Lipinski definition) is 4. The van der Waals surface area contributed by atoms with E-state index in [9.17, 15) is 23.1 Å². The molecule has 1 aromatic carbocycles. The summed E-state index contributed by atoms with van der Waals surface area (Å²) >= 11 is 0. The van der Waals surface area contributed by atoms with Crippen molar-refractivity contribution in [3.05, 3.63) is 23.8 Å². The molecular formula is C11H12F3NO4. The number of nitrogens with zero attached hydrogens (tertiary/aromatic N) is 1.